The van der Waals surface area contributed by atoms with Gasteiger partial charge in [0.15, 0.2) is 5.69 Å². The number of anilines is 1. The first-order valence-electron chi connectivity index (χ1n) is 11.5. The first kappa shape index (κ1) is 21.9. The van der Waals surface area contributed by atoms with Gasteiger partial charge in [-0.25, -0.2) is 9.36 Å². The molecule has 0 saturated carbocycles. The van der Waals surface area contributed by atoms with Gasteiger partial charge in [-0.05, 0) is 37.1 Å². The Morgan fingerprint density at radius 3 is 2.86 bits per heavy atom. The molecule has 2 aromatic heterocycles. The van der Waals surface area contributed by atoms with Crippen LogP contribution in [0.2, 0.25) is 0 Å². The summed E-state index contributed by atoms with van der Waals surface area (Å²) in [5.41, 5.74) is 3.30. The van der Waals surface area contributed by atoms with Crippen molar-refractivity contribution in [2.24, 2.45) is 7.05 Å². The van der Waals surface area contributed by atoms with Crippen molar-refractivity contribution in [1.82, 2.24) is 35.0 Å². The zero-order valence-corrected chi connectivity index (χ0v) is 19.6. The van der Waals surface area contributed by atoms with E-state index in [1.807, 2.05) is 6.92 Å². The van der Waals surface area contributed by atoms with E-state index in [1.165, 1.54) is 9.58 Å². The summed E-state index contributed by atoms with van der Waals surface area (Å²) < 4.78 is 8.75. The number of carbonyl (C=O) groups is 4. The number of hydrogen-bond donors (Lipinski definition) is 1. The van der Waals surface area contributed by atoms with Crippen molar-refractivity contribution >= 4 is 29.3 Å². The summed E-state index contributed by atoms with van der Waals surface area (Å²) in [5, 5.41) is 14.9. The number of rotatable bonds is 3. The van der Waals surface area contributed by atoms with Crippen molar-refractivity contribution < 1.29 is 23.9 Å². The van der Waals surface area contributed by atoms with Gasteiger partial charge in [0, 0.05) is 25.6 Å². The summed E-state index contributed by atoms with van der Waals surface area (Å²) in [7, 11) is 1.76. The van der Waals surface area contributed by atoms with Crippen molar-refractivity contribution in [3.63, 3.8) is 0 Å². The third kappa shape index (κ3) is 3.34. The Morgan fingerprint density at radius 2 is 2.06 bits per heavy atom. The number of imide groups is 1. The van der Waals surface area contributed by atoms with Crippen LogP contribution in [-0.2, 0) is 23.2 Å². The number of piperidine rings is 1. The fourth-order valence-electron chi connectivity index (χ4n) is 4.98. The highest BCUT2D eigenvalue weighted by Crippen LogP contribution is 2.35. The zero-order valence-electron chi connectivity index (χ0n) is 19.6. The summed E-state index contributed by atoms with van der Waals surface area (Å²) >= 11 is 0. The van der Waals surface area contributed by atoms with Crippen molar-refractivity contribution in [3.8, 4) is 11.6 Å². The lowest BCUT2D eigenvalue weighted by molar-refractivity contribution is -0.136. The summed E-state index contributed by atoms with van der Waals surface area (Å²) in [6.07, 6.45) is 2.03. The molecule has 3 aliphatic heterocycles. The van der Waals surface area contributed by atoms with Gasteiger partial charge in [0.2, 0.25) is 17.7 Å². The molecule has 3 aliphatic rings. The highest BCUT2D eigenvalue weighted by molar-refractivity contribution is 6.06. The molecule has 0 radical (unpaired) electrons. The Hall–Kier alpha value is -4.55. The van der Waals surface area contributed by atoms with Crippen LogP contribution in [0.4, 0.5) is 5.69 Å². The van der Waals surface area contributed by atoms with E-state index in [0.717, 1.165) is 5.56 Å². The molecule has 13 heteroatoms. The van der Waals surface area contributed by atoms with Crippen LogP contribution >= 0.6 is 0 Å². The van der Waals surface area contributed by atoms with Crippen LogP contribution < -0.4 is 15.0 Å². The molecule has 13 nitrogen and oxygen atoms in total. The predicted octanol–water partition coefficient (Wildman–Crippen LogP) is 0.109. The molecule has 0 bridgehead atoms. The third-order valence-corrected chi connectivity index (χ3v) is 6.69. The molecule has 1 saturated heterocycles. The average molecular weight is 490 g/mol. The Labute approximate surface area is 204 Å². The number of aromatic nitrogens is 5. The lowest BCUT2D eigenvalue weighted by atomic mass is 10.0. The van der Waals surface area contributed by atoms with Gasteiger partial charge in [-0.2, -0.15) is 5.10 Å². The summed E-state index contributed by atoms with van der Waals surface area (Å²) in [6, 6.07) is 4.50. The maximum atomic E-state index is 13.3. The minimum atomic E-state index is -0.684. The van der Waals surface area contributed by atoms with E-state index in [9.17, 15) is 19.2 Å². The molecular formula is C23H22N8O5. The smallest absolute Gasteiger partial charge is 0.280 e. The molecule has 0 spiro atoms. The molecule has 0 aliphatic carbocycles. The number of amides is 4. The van der Waals surface area contributed by atoms with Crippen LogP contribution in [0.15, 0.2) is 24.4 Å². The molecule has 1 atom stereocenters. The second-order valence-corrected chi connectivity index (χ2v) is 8.96. The number of nitrogens with zero attached hydrogens (tertiary/aromatic N) is 7. The van der Waals surface area contributed by atoms with Crippen molar-refractivity contribution in [2.75, 3.05) is 18.1 Å². The van der Waals surface area contributed by atoms with E-state index in [0.29, 0.717) is 48.1 Å². The van der Waals surface area contributed by atoms with Gasteiger partial charge in [0.25, 0.3) is 11.8 Å². The molecular weight excluding hydrogens is 468 g/mol. The first-order valence-corrected chi connectivity index (χ1v) is 11.5. The minimum Gasteiger partial charge on any atom is -0.474 e. The van der Waals surface area contributed by atoms with Crippen LogP contribution in [0.5, 0.6) is 5.88 Å². The molecule has 6 rings (SSSR count). The van der Waals surface area contributed by atoms with Gasteiger partial charge >= 0.3 is 0 Å². The lowest BCUT2D eigenvalue weighted by Crippen LogP contribution is -2.52. The molecule has 184 valence electrons. The van der Waals surface area contributed by atoms with Gasteiger partial charge in [-0.1, -0.05) is 5.21 Å². The summed E-state index contributed by atoms with van der Waals surface area (Å²) in [5.74, 6) is -0.825. The number of benzene rings is 1. The SMILES string of the molecule is Cc1nn(C)c2c1N(C(=O)c1cn(-c3ccc4c(c3)CN(C3CCC(=O)NC3=O)C4=O)nn1)CCO2. The molecule has 1 unspecified atom stereocenters. The molecule has 1 aromatic carbocycles. The zero-order chi connectivity index (χ0) is 25.1. The van der Waals surface area contributed by atoms with Crippen molar-refractivity contribution in [3.05, 3.63) is 46.9 Å². The largest absolute Gasteiger partial charge is 0.474 e. The van der Waals surface area contributed by atoms with Crippen LogP contribution in [-0.4, -0.2) is 72.5 Å². The molecule has 36 heavy (non-hydrogen) atoms. The van der Waals surface area contributed by atoms with Gasteiger partial charge in [0.05, 0.1) is 24.1 Å². The Kier molecular flexibility index (Phi) is 4.88. The predicted molar refractivity (Wildman–Crippen MR) is 123 cm³/mol. The molecule has 1 fully saturated rings. The summed E-state index contributed by atoms with van der Waals surface area (Å²) in [6.45, 7) is 2.76. The molecule has 5 heterocycles. The minimum absolute atomic E-state index is 0.160. The Morgan fingerprint density at radius 1 is 1.22 bits per heavy atom. The number of carbonyl (C=O) groups excluding carboxylic acids is 4. The normalized spacial score (nSPS) is 19.2. The Bertz CT molecular complexity index is 1460. The van der Waals surface area contributed by atoms with Gasteiger partial charge in [-0.3, -0.25) is 29.4 Å². The topological polar surface area (TPSA) is 145 Å². The average Bonchev–Trinajstić information content (AvgIpc) is 3.55. The van der Waals surface area contributed by atoms with E-state index in [1.54, 1.807) is 41.0 Å². The van der Waals surface area contributed by atoms with E-state index in [2.05, 4.69) is 20.7 Å². The quantitative estimate of drug-likeness (QED) is 0.510. The van der Waals surface area contributed by atoms with Crippen molar-refractivity contribution in [2.45, 2.75) is 32.4 Å². The number of hydrogen-bond acceptors (Lipinski definition) is 8. The number of aryl methyl sites for hydroxylation is 2. The maximum absolute atomic E-state index is 13.3. The van der Waals surface area contributed by atoms with E-state index >= 15 is 0 Å². The van der Waals surface area contributed by atoms with Crippen LogP contribution in [0.25, 0.3) is 5.69 Å². The van der Waals surface area contributed by atoms with E-state index < -0.39 is 11.9 Å². The monoisotopic (exact) mass is 490 g/mol. The van der Waals surface area contributed by atoms with Gasteiger partial charge < -0.3 is 9.64 Å². The first-order chi connectivity index (χ1) is 17.3. The van der Waals surface area contributed by atoms with Gasteiger partial charge in [-0.15, -0.1) is 5.10 Å². The van der Waals surface area contributed by atoms with Crippen LogP contribution in [0, 0.1) is 6.92 Å². The maximum Gasteiger partial charge on any atom is 0.280 e. The van der Waals surface area contributed by atoms with Crippen LogP contribution in [0.3, 0.4) is 0 Å². The molecule has 3 aromatic rings. The highest BCUT2D eigenvalue weighted by Gasteiger charge is 2.39. The fraction of sp³-hybridized carbons (Fsp3) is 0.348. The summed E-state index contributed by atoms with van der Waals surface area (Å²) in [4.78, 5) is 53.0. The lowest BCUT2D eigenvalue weighted by Gasteiger charge is -2.29. The molecule has 4 amide bonds. The standard InChI is InChI=1S/C23H22N8O5/c1-12-19-23(28(2)26-12)36-8-7-29(19)22(35)16-11-31(27-25-16)14-3-4-15-13(9-14)10-30(21(15)34)17-5-6-18(32)24-20(17)33/h3-4,9,11,17H,5-8,10H2,1-2H3,(H,24,32,33). The number of nitrogens with one attached hydrogen (secondary N) is 1. The third-order valence-electron chi connectivity index (χ3n) is 6.69. The second-order valence-electron chi connectivity index (χ2n) is 8.96. The highest BCUT2D eigenvalue weighted by atomic mass is 16.5. The number of fused-ring (bicyclic) bond motifs is 2. The van der Waals surface area contributed by atoms with Crippen molar-refractivity contribution in [1.29, 1.82) is 0 Å². The second kappa shape index (κ2) is 8.00. The van der Waals surface area contributed by atoms with Crippen LogP contribution in [0.1, 0.15) is 44.9 Å². The van der Waals surface area contributed by atoms with E-state index in [-0.39, 0.29) is 36.4 Å². The van der Waals surface area contributed by atoms with E-state index in [4.69, 9.17) is 4.74 Å². The number of ether oxygens (including phenoxy) is 1. The van der Waals surface area contributed by atoms with Gasteiger partial charge in [0.1, 0.15) is 18.3 Å². The molecule has 1 N–H and O–H groups in total. The Balaban J connectivity index is 1.24. The fourth-order valence-corrected chi connectivity index (χ4v) is 4.98.